The van der Waals surface area contributed by atoms with Gasteiger partial charge in [-0.05, 0) is 30.6 Å². The van der Waals surface area contributed by atoms with Gasteiger partial charge in [0, 0.05) is 7.11 Å². The largest absolute Gasteiger partial charge is 0.381 e. The molecule has 1 heteroatoms. The third-order valence-electron chi connectivity index (χ3n) is 3.31. The van der Waals surface area contributed by atoms with Crippen molar-refractivity contribution in [1.29, 1.82) is 0 Å². The maximum absolute atomic E-state index is 5.58. The Bertz CT molecular complexity index is 131. The Balaban J connectivity index is 2.57. The molecular formula is C11H22O. The van der Waals surface area contributed by atoms with Gasteiger partial charge in [0.05, 0.1) is 6.10 Å². The summed E-state index contributed by atoms with van der Waals surface area (Å²) < 4.78 is 5.58. The van der Waals surface area contributed by atoms with E-state index >= 15 is 0 Å². The van der Waals surface area contributed by atoms with Gasteiger partial charge in [-0.15, -0.1) is 0 Å². The van der Waals surface area contributed by atoms with Crippen LogP contribution in [0.5, 0.6) is 0 Å². The van der Waals surface area contributed by atoms with Crippen LogP contribution in [0.3, 0.4) is 0 Å². The first-order chi connectivity index (χ1) is 5.66. The van der Waals surface area contributed by atoms with Gasteiger partial charge in [0.25, 0.3) is 0 Å². The van der Waals surface area contributed by atoms with Crippen molar-refractivity contribution in [3.05, 3.63) is 0 Å². The lowest BCUT2D eigenvalue weighted by Gasteiger charge is -2.37. The molecule has 0 saturated heterocycles. The van der Waals surface area contributed by atoms with Crippen molar-refractivity contribution in [1.82, 2.24) is 0 Å². The molecule has 1 saturated carbocycles. The molecule has 1 aliphatic rings. The quantitative estimate of drug-likeness (QED) is 0.619. The highest BCUT2D eigenvalue weighted by Gasteiger charge is 2.32. The maximum Gasteiger partial charge on any atom is 0.0627 e. The minimum absolute atomic E-state index is 0.513. The second kappa shape index (κ2) is 4.27. The van der Waals surface area contributed by atoms with Gasteiger partial charge in [-0.2, -0.15) is 0 Å². The Labute approximate surface area is 76.5 Å². The Morgan fingerprint density at radius 3 is 2.33 bits per heavy atom. The molecule has 0 aromatic rings. The molecule has 0 aliphatic heterocycles. The van der Waals surface area contributed by atoms with Gasteiger partial charge < -0.3 is 4.74 Å². The van der Waals surface area contributed by atoms with Crippen molar-refractivity contribution in [2.75, 3.05) is 7.11 Å². The summed E-state index contributed by atoms with van der Waals surface area (Å²) in [4.78, 5) is 0. The zero-order valence-electron chi connectivity index (χ0n) is 8.84. The smallest absolute Gasteiger partial charge is 0.0627 e. The molecule has 1 rings (SSSR count). The molecule has 0 aromatic carbocycles. The number of methoxy groups -OCH3 is 1. The van der Waals surface area contributed by atoms with Crippen molar-refractivity contribution in [3.63, 3.8) is 0 Å². The highest BCUT2D eigenvalue weighted by Crippen LogP contribution is 2.35. The number of hydrogen-bond donors (Lipinski definition) is 0. The van der Waals surface area contributed by atoms with E-state index in [9.17, 15) is 0 Å². The van der Waals surface area contributed by atoms with E-state index in [2.05, 4.69) is 20.8 Å². The predicted octanol–water partition coefficient (Wildman–Crippen LogP) is 3.09. The topological polar surface area (TPSA) is 9.23 Å². The molecule has 1 aliphatic carbocycles. The van der Waals surface area contributed by atoms with Crippen LogP contribution >= 0.6 is 0 Å². The van der Waals surface area contributed by atoms with Crippen molar-refractivity contribution in [2.45, 2.75) is 46.1 Å². The molecule has 0 aromatic heterocycles. The molecule has 0 bridgehead atoms. The van der Waals surface area contributed by atoms with Crippen LogP contribution in [0.25, 0.3) is 0 Å². The molecule has 3 unspecified atom stereocenters. The van der Waals surface area contributed by atoms with Crippen LogP contribution in [-0.4, -0.2) is 13.2 Å². The van der Waals surface area contributed by atoms with Gasteiger partial charge >= 0.3 is 0 Å². The molecular weight excluding hydrogens is 148 g/mol. The van der Waals surface area contributed by atoms with Gasteiger partial charge in [-0.1, -0.05) is 27.2 Å². The second-order valence-corrected chi connectivity index (χ2v) is 4.52. The minimum Gasteiger partial charge on any atom is -0.381 e. The van der Waals surface area contributed by atoms with E-state index in [0.29, 0.717) is 6.10 Å². The van der Waals surface area contributed by atoms with Gasteiger partial charge in [-0.3, -0.25) is 0 Å². The summed E-state index contributed by atoms with van der Waals surface area (Å²) >= 11 is 0. The van der Waals surface area contributed by atoms with E-state index in [1.165, 1.54) is 19.3 Å². The molecule has 0 radical (unpaired) electrons. The molecule has 0 N–H and O–H groups in total. The van der Waals surface area contributed by atoms with Crippen molar-refractivity contribution >= 4 is 0 Å². The lowest BCUT2D eigenvalue weighted by Crippen LogP contribution is -2.36. The molecule has 0 heterocycles. The van der Waals surface area contributed by atoms with Crippen LogP contribution in [0.4, 0.5) is 0 Å². The van der Waals surface area contributed by atoms with E-state index < -0.39 is 0 Å². The fourth-order valence-electron chi connectivity index (χ4n) is 2.55. The lowest BCUT2D eigenvalue weighted by molar-refractivity contribution is -0.0299. The zero-order chi connectivity index (χ0) is 9.14. The van der Waals surface area contributed by atoms with Gasteiger partial charge in [-0.25, -0.2) is 0 Å². The average Bonchev–Trinajstić information content (AvgIpc) is 2.03. The first-order valence-corrected chi connectivity index (χ1v) is 5.19. The zero-order valence-corrected chi connectivity index (χ0v) is 8.84. The second-order valence-electron chi connectivity index (χ2n) is 4.52. The van der Waals surface area contributed by atoms with E-state index in [1.807, 2.05) is 7.11 Å². The van der Waals surface area contributed by atoms with Crippen LogP contribution in [0.2, 0.25) is 0 Å². The Hall–Kier alpha value is -0.0400. The highest BCUT2D eigenvalue weighted by molar-refractivity contribution is 4.82. The first kappa shape index (κ1) is 10.0. The Morgan fingerprint density at radius 2 is 1.92 bits per heavy atom. The van der Waals surface area contributed by atoms with E-state index in [4.69, 9.17) is 4.74 Å². The van der Waals surface area contributed by atoms with Crippen molar-refractivity contribution in [2.24, 2.45) is 17.8 Å². The molecule has 3 atom stereocenters. The summed E-state index contributed by atoms with van der Waals surface area (Å²) in [5, 5.41) is 0. The maximum atomic E-state index is 5.58. The van der Waals surface area contributed by atoms with Crippen LogP contribution < -0.4 is 0 Å². The third kappa shape index (κ3) is 2.01. The summed E-state index contributed by atoms with van der Waals surface area (Å²) in [7, 11) is 1.86. The predicted molar refractivity (Wildman–Crippen MR) is 52.1 cm³/mol. The van der Waals surface area contributed by atoms with Crippen LogP contribution in [0.1, 0.15) is 40.0 Å². The SMILES string of the molecule is COC1C(C)CCCC1C(C)C. The molecule has 0 amide bonds. The summed E-state index contributed by atoms with van der Waals surface area (Å²) in [5.41, 5.74) is 0. The minimum atomic E-state index is 0.513. The number of rotatable bonds is 2. The van der Waals surface area contributed by atoms with E-state index in [1.54, 1.807) is 0 Å². The normalized spacial score (nSPS) is 37.2. The number of hydrogen-bond acceptors (Lipinski definition) is 1. The number of ether oxygens (including phenoxy) is 1. The standard InChI is InChI=1S/C11H22O/c1-8(2)10-7-5-6-9(3)11(10)12-4/h8-11H,5-7H2,1-4H3. The van der Waals surface area contributed by atoms with Gasteiger partial charge in [0.1, 0.15) is 0 Å². The summed E-state index contributed by atoms with van der Waals surface area (Å²) in [5.74, 6) is 2.33. The van der Waals surface area contributed by atoms with E-state index in [-0.39, 0.29) is 0 Å². The summed E-state index contributed by atoms with van der Waals surface area (Å²) in [6.07, 6.45) is 4.62. The van der Waals surface area contributed by atoms with Gasteiger partial charge in [0.2, 0.25) is 0 Å². The average molecular weight is 170 g/mol. The van der Waals surface area contributed by atoms with Crippen LogP contribution in [0.15, 0.2) is 0 Å². The Morgan fingerprint density at radius 1 is 1.25 bits per heavy atom. The summed E-state index contributed by atoms with van der Waals surface area (Å²) in [6, 6.07) is 0. The fourth-order valence-corrected chi connectivity index (χ4v) is 2.55. The molecule has 0 spiro atoms. The van der Waals surface area contributed by atoms with Crippen molar-refractivity contribution < 1.29 is 4.74 Å². The van der Waals surface area contributed by atoms with Crippen molar-refractivity contribution in [3.8, 4) is 0 Å². The first-order valence-electron chi connectivity index (χ1n) is 5.19. The summed E-state index contributed by atoms with van der Waals surface area (Å²) in [6.45, 7) is 6.95. The molecule has 12 heavy (non-hydrogen) atoms. The lowest BCUT2D eigenvalue weighted by atomic mass is 9.74. The third-order valence-corrected chi connectivity index (χ3v) is 3.31. The molecule has 1 fully saturated rings. The van der Waals surface area contributed by atoms with Crippen LogP contribution in [-0.2, 0) is 4.74 Å². The van der Waals surface area contributed by atoms with Crippen LogP contribution in [0, 0.1) is 17.8 Å². The fraction of sp³-hybridized carbons (Fsp3) is 1.00. The monoisotopic (exact) mass is 170 g/mol. The molecule has 72 valence electrons. The molecule has 1 nitrogen and oxygen atoms in total. The van der Waals surface area contributed by atoms with E-state index in [0.717, 1.165) is 17.8 Å². The Kier molecular flexibility index (Phi) is 3.57. The highest BCUT2D eigenvalue weighted by atomic mass is 16.5. The van der Waals surface area contributed by atoms with Gasteiger partial charge in [0.15, 0.2) is 0 Å².